The van der Waals surface area contributed by atoms with Crippen LogP contribution in [-0.2, 0) is 14.6 Å². The second-order valence-corrected chi connectivity index (χ2v) is 11.6. The zero-order valence-corrected chi connectivity index (χ0v) is 17.9. The average molecular weight is 397 g/mol. The topological polar surface area (TPSA) is 63.6 Å². The van der Waals surface area contributed by atoms with E-state index in [0.29, 0.717) is 22.7 Å². The quantitative estimate of drug-likeness (QED) is 0.512. The normalized spacial score (nSPS) is 49.8. The van der Waals surface area contributed by atoms with E-state index in [4.69, 9.17) is 8.74 Å². The Hall–Kier alpha value is -0.390. The molecule has 27 heavy (non-hydrogen) atoms. The van der Waals surface area contributed by atoms with E-state index >= 15 is 0 Å². The summed E-state index contributed by atoms with van der Waals surface area (Å²) in [5, 5.41) is 0. The number of fused-ring (bicyclic) bond motifs is 5. The van der Waals surface area contributed by atoms with Gasteiger partial charge in [0.2, 0.25) is 0 Å². The molecule has 0 aromatic carbocycles. The molecule has 8 atom stereocenters. The van der Waals surface area contributed by atoms with Gasteiger partial charge in [0.05, 0.1) is 6.10 Å². The van der Waals surface area contributed by atoms with Crippen molar-refractivity contribution in [1.82, 2.24) is 0 Å². The minimum Gasteiger partial charge on any atom is -0.264 e. The van der Waals surface area contributed by atoms with Gasteiger partial charge in [-0.2, -0.15) is 8.42 Å². The Bertz CT molecular complexity index is 716. The molecule has 4 aliphatic carbocycles. The Kier molecular flexibility index (Phi) is 4.84. The molecule has 0 bridgehead atoms. The Morgan fingerprint density at radius 3 is 2.33 bits per heavy atom. The molecule has 4 nitrogen and oxygen atoms in total. The van der Waals surface area contributed by atoms with E-state index in [1.807, 2.05) is 0 Å². The van der Waals surface area contributed by atoms with Crippen LogP contribution in [0, 0.1) is 40.4 Å². The Labute approximate surface area is 165 Å². The Morgan fingerprint density at radius 2 is 1.67 bits per heavy atom. The van der Waals surface area contributed by atoms with Crippen LogP contribution in [-0.4, -0.2) is 19.1 Å². The van der Waals surface area contributed by atoms with Gasteiger partial charge in [0.1, 0.15) is 0 Å². The maximum absolute atomic E-state index is 11.1. The molecule has 0 amide bonds. The molecule has 154 valence electrons. The fourth-order valence-corrected chi connectivity index (χ4v) is 8.81. The zero-order chi connectivity index (χ0) is 19.6. The number of allylic oxidation sites excluding steroid dienone is 1. The van der Waals surface area contributed by atoms with Crippen molar-refractivity contribution in [1.29, 1.82) is 0 Å². The first kappa shape index (κ1) is 19.9. The highest BCUT2D eigenvalue weighted by Gasteiger charge is 2.60. The van der Waals surface area contributed by atoms with E-state index in [1.54, 1.807) is 0 Å². The number of hydrogen-bond donors (Lipinski definition) is 1. The van der Waals surface area contributed by atoms with Crippen molar-refractivity contribution in [2.24, 2.45) is 40.4 Å². The molecule has 0 spiro atoms. The van der Waals surface area contributed by atoms with Crippen LogP contribution >= 0.6 is 0 Å². The summed E-state index contributed by atoms with van der Waals surface area (Å²) in [4.78, 5) is 0. The summed E-state index contributed by atoms with van der Waals surface area (Å²) in [6.07, 6.45) is 9.91. The van der Waals surface area contributed by atoms with E-state index in [9.17, 15) is 8.42 Å². The highest BCUT2D eigenvalue weighted by Crippen LogP contribution is 2.68. The van der Waals surface area contributed by atoms with Crippen LogP contribution in [0.3, 0.4) is 0 Å². The summed E-state index contributed by atoms with van der Waals surface area (Å²) >= 11 is 0. The Morgan fingerprint density at radius 1 is 1.00 bits per heavy atom. The van der Waals surface area contributed by atoms with Gasteiger partial charge in [-0.15, -0.1) is 0 Å². The minimum atomic E-state index is -4.35. The monoisotopic (exact) mass is 396 g/mol. The molecular formula is C22H36O4S. The van der Waals surface area contributed by atoms with E-state index in [-0.39, 0.29) is 6.10 Å². The van der Waals surface area contributed by atoms with Crippen LogP contribution in [0.15, 0.2) is 12.2 Å². The molecule has 5 heteroatoms. The molecule has 4 saturated carbocycles. The standard InChI is InChI=1S/C22H36O4S/c1-14(2)18-7-8-19-17-6-5-15-13-16(26-27(23,24)25)9-11-21(15,3)20(17)10-12-22(18,19)4/h15-20H,1,5-13H2,2-4H3,(H,23,24,25)/t15-,16-,17+,18-,19+,20+,21+,22-/m1/s1. The summed E-state index contributed by atoms with van der Waals surface area (Å²) in [7, 11) is -4.35. The van der Waals surface area contributed by atoms with Crippen LogP contribution < -0.4 is 0 Å². The minimum absolute atomic E-state index is 0.296. The van der Waals surface area contributed by atoms with Gasteiger partial charge in [-0.05, 0) is 105 Å². The molecule has 4 rings (SSSR count). The predicted octanol–water partition coefficient (Wildman–Crippen LogP) is 5.41. The van der Waals surface area contributed by atoms with Crippen LogP contribution in [0.1, 0.15) is 78.6 Å². The van der Waals surface area contributed by atoms with Gasteiger partial charge in [-0.3, -0.25) is 4.55 Å². The molecule has 0 saturated heterocycles. The maximum atomic E-state index is 11.1. The van der Waals surface area contributed by atoms with Gasteiger partial charge in [0.15, 0.2) is 0 Å². The fourth-order valence-electron chi connectivity index (χ4n) is 8.29. The van der Waals surface area contributed by atoms with E-state index in [0.717, 1.165) is 37.0 Å². The third-order valence-electron chi connectivity index (χ3n) is 9.47. The molecule has 0 radical (unpaired) electrons. The van der Waals surface area contributed by atoms with Crippen molar-refractivity contribution in [3.8, 4) is 0 Å². The number of hydrogen-bond acceptors (Lipinski definition) is 3. The van der Waals surface area contributed by atoms with Gasteiger partial charge in [0, 0.05) is 0 Å². The summed E-state index contributed by atoms with van der Waals surface area (Å²) in [5.74, 6) is 3.59. The largest absolute Gasteiger partial charge is 0.397 e. The van der Waals surface area contributed by atoms with Crippen molar-refractivity contribution in [3.05, 3.63) is 12.2 Å². The van der Waals surface area contributed by atoms with E-state index in [1.165, 1.54) is 44.1 Å². The zero-order valence-electron chi connectivity index (χ0n) is 17.1. The molecule has 0 aromatic heterocycles. The third kappa shape index (κ3) is 3.22. The molecule has 4 fully saturated rings. The highest BCUT2D eigenvalue weighted by atomic mass is 32.3. The molecule has 0 unspecified atom stereocenters. The molecule has 0 heterocycles. The average Bonchev–Trinajstić information content (AvgIpc) is 2.91. The second kappa shape index (κ2) is 6.56. The lowest BCUT2D eigenvalue weighted by Gasteiger charge is -2.61. The lowest BCUT2D eigenvalue weighted by molar-refractivity contribution is -0.122. The van der Waals surface area contributed by atoms with E-state index in [2.05, 4.69) is 27.4 Å². The first-order valence-corrected chi connectivity index (χ1v) is 12.2. The highest BCUT2D eigenvalue weighted by molar-refractivity contribution is 7.80. The predicted molar refractivity (Wildman–Crippen MR) is 106 cm³/mol. The van der Waals surface area contributed by atoms with Crippen molar-refractivity contribution < 1.29 is 17.2 Å². The third-order valence-corrected chi connectivity index (χ3v) is 9.99. The summed E-state index contributed by atoms with van der Waals surface area (Å²) in [6.45, 7) is 11.5. The smallest absolute Gasteiger partial charge is 0.264 e. The van der Waals surface area contributed by atoms with Crippen LogP contribution in [0.2, 0.25) is 0 Å². The molecular weight excluding hydrogens is 360 g/mol. The van der Waals surface area contributed by atoms with Crippen molar-refractivity contribution in [2.75, 3.05) is 0 Å². The van der Waals surface area contributed by atoms with Crippen LogP contribution in [0.4, 0.5) is 0 Å². The van der Waals surface area contributed by atoms with Gasteiger partial charge in [-0.25, -0.2) is 4.18 Å². The lowest BCUT2D eigenvalue weighted by atomic mass is 9.44. The molecule has 1 N–H and O–H groups in total. The molecule has 0 aliphatic heterocycles. The van der Waals surface area contributed by atoms with Gasteiger partial charge < -0.3 is 0 Å². The van der Waals surface area contributed by atoms with Gasteiger partial charge in [-0.1, -0.05) is 26.0 Å². The van der Waals surface area contributed by atoms with E-state index < -0.39 is 10.4 Å². The van der Waals surface area contributed by atoms with Crippen molar-refractivity contribution in [2.45, 2.75) is 84.7 Å². The van der Waals surface area contributed by atoms with Crippen LogP contribution in [0.25, 0.3) is 0 Å². The second-order valence-electron chi connectivity index (χ2n) is 10.6. The van der Waals surface area contributed by atoms with Crippen molar-refractivity contribution >= 4 is 10.4 Å². The first-order valence-electron chi connectivity index (χ1n) is 10.9. The number of rotatable bonds is 3. The lowest BCUT2D eigenvalue weighted by Crippen LogP contribution is -2.54. The van der Waals surface area contributed by atoms with Gasteiger partial charge in [0.25, 0.3) is 0 Å². The van der Waals surface area contributed by atoms with Gasteiger partial charge >= 0.3 is 10.4 Å². The fraction of sp³-hybridized carbons (Fsp3) is 0.909. The van der Waals surface area contributed by atoms with Crippen molar-refractivity contribution in [3.63, 3.8) is 0 Å². The maximum Gasteiger partial charge on any atom is 0.397 e. The van der Waals surface area contributed by atoms with Crippen LogP contribution in [0.5, 0.6) is 0 Å². The molecule has 0 aromatic rings. The summed E-state index contributed by atoms with van der Waals surface area (Å²) in [5.41, 5.74) is 2.10. The Balaban J connectivity index is 1.53. The first-order chi connectivity index (χ1) is 12.5. The SMILES string of the molecule is C=C(C)[C@H]1CC[C@H]2[C@@H]3CC[C@@H]4C[C@H](OS(=O)(=O)O)CC[C@]4(C)[C@H]3CC[C@]12C. The summed E-state index contributed by atoms with van der Waals surface area (Å²) < 4.78 is 36.3. The molecule has 4 aliphatic rings. The summed E-state index contributed by atoms with van der Waals surface area (Å²) in [6, 6.07) is 0.